The van der Waals surface area contributed by atoms with Crippen LogP contribution in [0, 0.1) is 0 Å². The third kappa shape index (κ3) is 2.08. The Balaban J connectivity index is 1.57. The molecular formula is C17H18N2O3. The van der Waals surface area contributed by atoms with E-state index in [-0.39, 0.29) is 11.9 Å². The van der Waals surface area contributed by atoms with Crippen LogP contribution < -0.4 is 5.32 Å². The molecule has 0 spiro atoms. The first-order chi connectivity index (χ1) is 10.7. The molecule has 1 heterocycles. The van der Waals surface area contributed by atoms with Gasteiger partial charge in [-0.25, -0.2) is 0 Å². The largest absolute Gasteiger partial charge is 0.508 e. The lowest BCUT2D eigenvalue weighted by molar-refractivity contribution is 0.0926. The predicted molar refractivity (Wildman–Crippen MR) is 79.8 cm³/mol. The molecule has 0 bridgehead atoms. The zero-order valence-corrected chi connectivity index (χ0v) is 12.3. The van der Waals surface area contributed by atoms with E-state index in [1.807, 2.05) is 12.1 Å². The topological polar surface area (TPSA) is 75.4 Å². The Morgan fingerprint density at radius 2 is 2.09 bits per heavy atom. The minimum Gasteiger partial charge on any atom is -0.508 e. The third-order valence-electron chi connectivity index (χ3n) is 4.72. The second-order valence-corrected chi connectivity index (χ2v) is 6.05. The number of rotatable bonds is 2. The molecule has 5 nitrogen and oxygen atoms in total. The van der Waals surface area contributed by atoms with Crippen LogP contribution in [0.15, 0.2) is 22.7 Å². The van der Waals surface area contributed by atoms with Gasteiger partial charge in [0.1, 0.15) is 11.5 Å². The Labute approximate surface area is 128 Å². The van der Waals surface area contributed by atoms with Crippen LogP contribution in [0.2, 0.25) is 0 Å². The van der Waals surface area contributed by atoms with Crippen LogP contribution in [0.1, 0.15) is 58.2 Å². The molecule has 0 fully saturated rings. The molecule has 2 N–H and O–H groups in total. The number of nitrogens with zero attached hydrogens (tertiary/aromatic N) is 1. The van der Waals surface area contributed by atoms with Crippen LogP contribution in [0.5, 0.6) is 5.75 Å². The minimum atomic E-state index is -0.173. The summed E-state index contributed by atoms with van der Waals surface area (Å²) >= 11 is 0. The zero-order chi connectivity index (χ0) is 15.1. The van der Waals surface area contributed by atoms with Crippen LogP contribution >= 0.6 is 0 Å². The molecule has 0 saturated carbocycles. The molecule has 1 amide bonds. The van der Waals surface area contributed by atoms with Gasteiger partial charge in [-0.05, 0) is 49.3 Å². The fraction of sp³-hybridized carbons (Fsp3) is 0.412. The Morgan fingerprint density at radius 1 is 1.23 bits per heavy atom. The van der Waals surface area contributed by atoms with Crippen molar-refractivity contribution in [3.63, 3.8) is 0 Å². The van der Waals surface area contributed by atoms with E-state index < -0.39 is 0 Å². The van der Waals surface area contributed by atoms with Gasteiger partial charge in [0, 0.05) is 12.0 Å². The number of hydrogen-bond acceptors (Lipinski definition) is 4. The second kappa shape index (κ2) is 5.16. The summed E-state index contributed by atoms with van der Waals surface area (Å²) in [6.45, 7) is 0. The Hall–Kier alpha value is -2.30. The smallest absolute Gasteiger partial charge is 0.274 e. The maximum Gasteiger partial charge on any atom is 0.274 e. The molecule has 0 radical (unpaired) electrons. The van der Waals surface area contributed by atoms with Gasteiger partial charge in [-0.2, -0.15) is 0 Å². The Morgan fingerprint density at radius 3 is 3.00 bits per heavy atom. The summed E-state index contributed by atoms with van der Waals surface area (Å²) in [6.07, 6.45) is 5.50. The van der Waals surface area contributed by atoms with E-state index >= 15 is 0 Å². The number of aromatic hydroxyl groups is 1. The number of aryl methyl sites for hydroxylation is 1. The third-order valence-corrected chi connectivity index (χ3v) is 4.72. The molecule has 1 aromatic heterocycles. The lowest BCUT2D eigenvalue weighted by atomic mass is 9.96. The highest BCUT2D eigenvalue weighted by molar-refractivity contribution is 5.94. The standard InChI is InChI=1S/C17H18N2O3/c20-14-6-3-5-10-11(14)8-9-13(10)18-17(21)16-12-4-1-2-7-15(12)22-19-16/h3,5-6,13,20H,1-2,4,7-9H2,(H,18,21)/t13-/m0/s1. The van der Waals surface area contributed by atoms with Gasteiger partial charge in [-0.3, -0.25) is 4.79 Å². The number of carbonyl (C=O) groups is 1. The van der Waals surface area contributed by atoms with Crippen LogP contribution in [0.4, 0.5) is 0 Å². The summed E-state index contributed by atoms with van der Waals surface area (Å²) in [5.74, 6) is 1.00. The fourth-order valence-corrected chi connectivity index (χ4v) is 3.57. The molecule has 22 heavy (non-hydrogen) atoms. The van der Waals surface area contributed by atoms with Crippen LogP contribution in [-0.2, 0) is 19.3 Å². The van der Waals surface area contributed by atoms with E-state index in [4.69, 9.17) is 4.52 Å². The van der Waals surface area contributed by atoms with Crippen molar-refractivity contribution in [3.8, 4) is 5.75 Å². The quantitative estimate of drug-likeness (QED) is 0.894. The molecule has 1 aromatic carbocycles. The number of hydrogen-bond donors (Lipinski definition) is 2. The van der Waals surface area contributed by atoms with E-state index in [1.54, 1.807) is 6.07 Å². The van der Waals surface area contributed by atoms with E-state index in [1.165, 1.54) is 0 Å². The maximum atomic E-state index is 12.5. The lowest BCUT2D eigenvalue weighted by Gasteiger charge is -2.14. The Bertz CT molecular complexity index is 736. The molecule has 2 aromatic rings. The van der Waals surface area contributed by atoms with Crippen molar-refractivity contribution in [2.24, 2.45) is 0 Å². The van der Waals surface area contributed by atoms with Gasteiger partial charge in [0.05, 0.1) is 6.04 Å². The van der Waals surface area contributed by atoms with E-state index in [2.05, 4.69) is 10.5 Å². The molecule has 2 aliphatic carbocycles. The van der Waals surface area contributed by atoms with Gasteiger partial charge in [0.15, 0.2) is 5.69 Å². The minimum absolute atomic E-state index is 0.0643. The lowest BCUT2D eigenvalue weighted by Crippen LogP contribution is -2.28. The zero-order valence-electron chi connectivity index (χ0n) is 12.3. The van der Waals surface area contributed by atoms with Gasteiger partial charge < -0.3 is 14.9 Å². The first kappa shape index (κ1) is 13.4. The summed E-state index contributed by atoms with van der Waals surface area (Å²) in [7, 11) is 0. The monoisotopic (exact) mass is 298 g/mol. The van der Waals surface area contributed by atoms with Gasteiger partial charge in [-0.1, -0.05) is 17.3 Å². The number of amides is 1. The molecule has 114 valence electrons. The molecule has 0 aliphatic heterocycles. The summed E-state index contributed by atoms with van der Waals surface area (Å²) in [6, 6.07) is 5.41. The van der Waals surface area contributed by atoms with Gasteiger partial charge in [-0.15, -0.1) is 0 Å². The fourth-order valence-electron chi connectivity index (χ4n) is 3.57. The average molecular weight is 298 g/mol. The maximum absolute atomic E-state index is 12.5. The normalized spacial score (nSPS) is 19.5. The van der Waals surface area contributed by atoms with Crippen LogP contribution in [0.25, 0.3) is 0 Å². The summed E-state index contributed by atoms with van der Waals surface area (Å²) in [5.41, 5.74) is 3.35. The molecule has 5 heteroatoms. The molecule has 4 rings (SSSR count). The number of fused-ring (bicyclic) bond motifs is 2. The van der Waals surface area contributed by atoms with Crippen molar-refractivity contribution in [1.29, 1.82) is 0 Å². The second-order valence-electron chi connectivity index (χ2n) is 6.05. The number of benzene rings is 1. The summed E-state index contributed by atoms with van der Waals surface area (Å²) in [5, 5.41) is 16.9. The van der Waals surface area contributed by atoms with Crippen molar-refractivity contribution in [2.75, 3.05) is 0 Å². The first-order valence-electron chi connectivity index (χ1n) is 7.83. The Kier molecular flexibility index (Phi) is 3.13. The average Bonchev–Trinajstić information content (AvgIpc) is 3.12. The van der Waals surface area contributed by atoms with Crippen molar-refractivity contribution in [3.05, 3.63) is 46.3 Å². The van der Waals surface area contributed by atoms with Crippen LogP contribution in [-0.4, -0.2) is 16.2 Å². The number of nitrogens with one attached hydrogen (secondary N) is 1. The van der Waals surface area contributed by atoms with E-state index in [9.17, 15) is 9.90 Å². The SMILES string of the molecule is O=C(N[C@H]1CCc2c(O)cccc21)c1noc2c1CCCC2. The number of phenolic OH excluding ortho intramolecular Hbond substituents is 1. The summed E-state index contributed by atoms with van der Waals surface area (Å²) < 4.78 is 5.31. The van der Waals surface area contributed by atoms with Crippen molar-refractivity contribution in [2.45, 2.75) is 44.6 Å². The van der Waals surface area contributed by atoms with Gasteiger partial charge in [0.25, 0.3) is 5.91 Å². The highest BCUT2D eigenvalue weighted by Gasteiger charge is 2.29. The first-order valence-corrected chi connectivity index (χ1v) is 7.83. The molecule has 0 saturated heterocycles. The predicted octanol–water partition coefficient (Wildman–Crippen LogP) is 2.68. The number of carbonyl (C=O) groups excluding carboxylic acids is 1. The van der Waals surface area contributed by atoms with Crippen molar-refractivity contribution < 1.29 is 14.4 Å². The van der Waals surface area contributed by atoms with Crippen molar-refractivity contribution in [1.82, 2.24) is 10.5 Å². The number of aromatic nitrogens is 1. The summed E-state index contributed by atoms with van der Waals surface area (Å²) in [4.78, 5) is 12.5. The van der Waals surface area contributed by atoms with E-state index in [0.717, 1.165) is 61.0 Å². The molecular weight excluding hydrogens is 280 g/mol. The highest BCUT2D eigenvalue weighted by Crippen LogP contribution is 2.36. The van der Waals surface area contributed by atoms with E-state index in [0.29, 0.717) is 11.4 Å². The highest BCUT2D eigenvalue weighted by atomic mass is 16.5. The van der Waals surface area contributed by atoms with Crippen LogP contribution in [0.3, 0.4) is 0 Å². The van der Waals surface area contributed by atoms with Gasteiger partial charge in [0.2, 0.25) is 0 Å². The molecule has 1 atom stereocenters. The molecule has 2 aliphatic rings. The number of phenols is 1. The van der Waals surface area contributed by atoms with Gasteiger partial charge >= 0.3 is 0 Å². The van der Waals surface area contributed by atoms with Crippen molar-refractivity contribution >= 4 is 5.91 Å². The molecule has 0 unspecified atom stereocenters.